The summed E-state index contributed by atoms with van der Waals surface area (Å²) in [5.74, 6) is 1.56. The topological polar surface area (TPSA) is 30.5 Å². The van der Waals surface area contributed by atoms with Gasteiger partial charge >= 0.3 is 0 Å². The molecule has 2 heterocycles. The highest BCUT2D eigenvalue weighted by Crippen LogP contribution is 2.40. The van der Waals surface area contributed by atoms with E-state index in [2.05, 4.69) is 18.3 Å². The van der Waals surface area contributed by atoms with Crippen molar-refractivity contribution in [3.63, 3.8) is 0 Å². The van der Waals surface area contributed by atoms with Gasteiger partial charge in [0.05, 0.1) is 13.2 Å². The van der Waals surface area contributed by atoms with E-state index in [0.29, 0.717) is 5.92 Å². The summed E-state index contributed by atoms with van der Waals surface area (Å²) in [6.45, 7) is 5.64. The third-order valence-corrected chi connectivity index (χ3v) is 4.38. The number of rotatable bonds is 5. The van der Waals surface area contributed by atoms with Crippen LogP contribution in [0.2, 0.25) is 5.02 Å². The minimum atomic E-state index is 0.281. The second-order valence-corrected chi connectivity index (χ2v) is 6.07. The van der Waals surface area contributed by atoms with Crippen molar-refractivity contribution in [3.05, 3.63) is 28.3 Å². The molecule has 20 heavy (non-hydrogen) atoms. The van der Waals surface area contributed by atoms with Crippen LogP contribution in [0.5, 0.6) is 5.75 Å². The lowest BCUT2D eigenvalue weighted by Gasteiger charge is -2.26. The molecular formula is C16H22ClNO2. The summed E-state index contributed by atoms with van der Waals surface area (Å²) in [5, 5.41) is 4.48. The summed E-state index contributed by atoms with van der Waals surface area (Å²) >= 11 is 6.30. The highest BCUT2D eigenvalue weighted by Gasteiger charge is 2.31. The van der Waals surface area contributed by atoms with Crippen LogP contribution in [-0.4, -0.2) is 26.4 Å². The van der Waals surface area contributed by atoms with Crippen LogP contribution in [0.4, 0.5) is 0 Å². The summed E-state index contributed by atoms with van der Waals surface area (Å²) in [6.07, 6.45) is 3.18. The fourth-order valence-electron chi connectivity index (χ4n) is 3.17. The molecule has 3 nitrogen and oxygen atoms in total. The van der Waals surface area contributed by atoms with Gasteiger partial charge in [0, 0.05) is 35.6 Å². The molecular weight excluding hydrogens is 274 g/mol. The first-order valence-electron chi connectivity index (χ1n) is 7.56. The average molecular weight is 296 g/mol. The van der Waals surface area contributed by atoms with Gasteiger partial charge in [0.2, 0.25) is 0 Å². The van der Waals surface area contributed by atoms with E-state index in [1.54, 1.807) is 0 Å². The van der Waals surface area contributed by atoms with Crippen LogP contribution in [0, 0.1) is 5.92 Å². The molecule has 110 valence electrons. The largest absolute Gasteiger partial charge is 0.493 e. The molecule has 1 aromatic carbocycles. The van der Waals surface area contributed by atoms with E-state index in [0.717, 1.165) is 56.4 Å². The van der Waals surface area contributed by atoms with Gasteiger partial charge < -0.3 is 14.8 Å². The molecule has 1 fully saturated rings. The maximum atomic E-state index is 6.30. The van der Waals surface area contributed by atoms with Gasteiger partial charge in [-0.15, -0.1) is 0 Å². The molecule has 3 rings (SSSR count). The standard InChI is InChI=1S/C16H22ClNO2/c1-2-5-18-15(12-3-6-19-10-12)14-9-13(17)8-11-4-7-20-16(11)14/h8-9,12,15,18H,2-7,10H2,1H3. The number of nitrogens with one attached hydrogen (secondary N) is 1. The van der Waals surface area contributed by atoms with Crippen LogP contribution in [0.25, 0.3) is 0 Å². The zero-order valence-electron chi connectivity index (χ0n) is 12.0. The molecule has 1 N–H and O–H groups in total. The predicted octanol–water partition coefficient (Wildman–Crippen LogP) is 3.35. The van der Waals surface area contributed by atoms with Crippen molar-refractivity contribution in [2.75, 3.05) is 26.4 Å². The van der Waals surface area contributed by atoms with Gasteiger partial charge in [0.15, 0.2) is 0 Å². The van der Waals surface area contributed by atoms with E-state index in [1.807, 2.05) is 6.07 Å². The Morgan fingerprint density at radius 3 is 3.05 bits per heavy atom. The van der Waals surface area contributed by atoms with E-state index < -0.39 is 0 Å². The summed E-state index contributed by atoms with van der Waals surface area (Å²) in [5.41, 5.74) is 2.46. The molecule has 2 unspecified atom stereocenters. The molecule has 1 saturated heterocycles. The first-order valence-corrected chi connectivity index (χ1v) is 7.93. The summed E-state index contributed by atoms with van der Waals surface area (Å²) in [6, 6.07) is 4.38. The van der Waals surface area contributed by atoms with Gasteiger partial charge in [-0.25, -0.2) is 0 Å². The van der Waals surface area contributed by atoms with E-state index in [9.17, 15) is 0 Å². The Bertz CT molecular complexity index is 472. The molecule has 0 amide bonds. The second kappa shape index (κ2) is 6.33. The van der Waals surface area contributed by atoms with E-state index in [4.69, 9.17) is 21.1 Å². The summed E-state index contributed by atoms with van der Waals surface area (Å²) in [7, 11) is 0. The van der Waals surface area contributed by atoms with Crippen molar-refractivity contribution in [1.29, 1.82) is 0 Å². The van der Waals surface area contributed by atoms with Gasteiger partial charge in [-0.05, 0) is 37.1 Å². The van der Waals surface area contributed by atoms with Gasteiger partial charge in [-0.1, -0.05) is 18.5 Å². The van der Waals surface area contributed by atoms with E-state index in [1.165, 1.54) is 11.1 Å². The lowest BCUT2D eigenvalue weighted by atomic mass is 9.90. The molecule has 1 aromatic rings. The first kappa shape index (κ1) is 14.2. The molecule has 4 heteroatoms. The van der Waals surface area contributed by atoms with Gasteiger partial charge in [-0.2, -0.15) is 0 Å². The SMILES string of the molecule is CCCNC(c1cc(Cl)cc2c1OCC2)C1CCOC1. The number of fused-ring (bicyclic) bond motifs is 1. The van der Waals surface area contributed by atoms with Crippen molar-refractivity contribution in [3.8, 4) is 5.75 Å². The molecule has 0 radical (unpaired) electrons. The van der Waals surface area contributed by atoms with Crippen LogP contribution >= 0.6 is 11.6 Å². The smallest absolute Gasteiger partial charge is 0.127 e. The third-order valence-electron chi connectivity index (χ3n) is 4.16. The zero-order chi connectivity index (χ0) is 13.9. The fraction of sp³-hybridized carbons (Fsp3) is 0.625. The molecule has 0 saturated carbocycles. The Hall–Kier alpha value is -0.770. The first-order chi connectivity index (χ1) is 9.79. The van der Waals surface area contributed by atoms with Crippen LogP contribution < -0.4 is 10.1 Å². The maximum absolute atomic E-state index is 6.30. The molecule has 0 bridgehead atoms. The Morgan fingerprint density at radius 2 is 2.30 bits per heavy atom. The van der Waals surface area contributed by atoms with Crippen LogP contribution in [-0.2, 0) is 11.2 Å². The molecule has 0 spiro atoms. The molecule has 0 aromatic heterocycles. The minimum Gasteiger partial charge on any atom is -0.493 e. The van der Waals surface area contributed by atoms with Crippen LogP contribution in [0.15, 0.2) is 12.1 Å². The summed E-state index contributed by atoms with van der Waals surface area (Å²) < 4.78 is 11.4. The Labute approximate surface area is 125 Å². The normalized spacial score (nSPS) is 22.6. The maximum Gasteiger partial charge on any atom is 0.127 e. The quantitative estimate of drug-likeness (QED) is 0.903. The minimum absolute atomic E-state index is 0.281. The van der Waals surface area contributed by atoms with E-state index >= 15 is 0 Å². The van der Waals surface area contributed by atoms with Crippen molar-refractivity contribution in [2.24, 2.45) is 5.92 Å². The molecule has 2 aliphatic heterocycles. The van der Waals surface area contributed by atoms with Crippen LogP contribution in [0.1, 0.15) is 36.9 Å². The Balaban J connectivity index is 1.93. The van der Waals surface area contributed by atoms with Crippen LogP contribution in [0.3, 0.4) is 0 Å². The second-order valence-electron chi connectivity index (χ2n) is 5.64. The Morgan fingerprint density at radius 1 is 1.40 bits per heavy atom. The zero-order valence-corrected chi connectivity index (χ0v) is 12.7. The average Bonchev–Trinajstić information content (AvgIpc) is 3.09. The van der Waals surface area contributed by atoms with Crippen molar-refractivity contribution < 1.29 is 9.47 Å². The Kier molecular flexibility index (Phi) is 4.49. The van der Waals surface area contributed by atoms with Crippen molar-refractivity contribution in [2.45, 2.75) is 32.2 Å². The highest BCUT2D eigenvalue weighted by molar-refractivity contribution is 6.30. The highest BCUT2D eigenvalue weighted by atomic mass is 35.5. The third kappa shape index (κ3) is 2.80. The van der Waals surface area contributed by atoms with Gasteiger partial charge in [0.1, 0.15) is 5.75 Å². The molecule has 0 aliphatic carbocycles. The number of halogens is 1. The number of hydrogen-bond donors (Lipinski definition) is 1. The van der Waals surface area contributed by atoms with E-state index in [-0.39, 0.29) is 6.04 Å². The lowest BCUT2D eigenvalue weighted by molar-refractivity contribution is 0.176. The van der Waals surface area contributed by atoms with Crippen molar-refractivity contribution >= 4 is 11.6 Å². The number of hydrogen-bond acceptors (Lipinski definition) is 3. The molecule has 2 aliphatic rings. The number of ether oxygens (including phenoxy) is 2. The summed E-state index contributed by atoms with van der Waals surface area (Å²) in [4.78, 5) is 0. The van der Waals surface area contributed by atoms with Crippen molar-refractivity contribution in [1.82, 2.24) is 5.32 Å². The number of benzene rings is 1. The van der Waals surface area contributed by atoms with Gasteiger partial charge in [-0.3, -0.25) is 0 Å². The predicted molar refractivity (Wildman–Crippen MR) is 80.6 cm³/mol. The molecule has 2 atom stereocenters. The lowest BCUT2D eigenvalue weighted by Crippen LogP contribution is -2.29. The monoisotopic (exact) mass is 295 g/mol. The van der Waals surface area contributed by atoms with Gasteiger partial charge in [0.25, 0.3) is 0 Å². The fourth-order valence-corrected chi connectivity index (χ4v) is 3.42.